The predicted octanol–water partition coefficient (Wildman–Crippen LogP) is 9.46. The van der Waals surface area contributed by atoms with Crippen LogP contribution in [0.3, 0.4) is 0 Å². The van der Waals surface area contributed by atoms with Gasteiger partial charge < -0.3 is 0 Å². The second-order valence-corrected chi connectivity index (χ2v) is 29.8. The molecule has 0 aromatic heterocycles. The average molecular weight is 894 g/mol. The van der Waals surface area contributed by atoms with E-state index in [9.17, 15) is 28.8 Å². The van der Waals surface area contributed by atoms with Crippen molar-refractivity contribution in [1.29, 1.82) is 0 Å². The van der Waals surface area contributed by atoms with Gasteiger partial charge in [0.05, 0.1) is 0 Å². The van der Waals surface area contributed by atoms with Gasteiger partial charge in [0.2, 0.25) is 0 Å². The molecule has 0 aliphatic heterocycles. The number of rotatable bonds is 16. The van der Waals surface area contributed by atoms with Crippen molar-refractivity contribution in [3.8, 4) is 11.5 Å². The molecule has 58 heavy (non-hydrogen) atoms. The first-order valence-electron chi connectivity index (χ1n) is 18.9. The quantitative estimate of drug-likeness (QED) is 0.0882. The Kier molecular flexibility index (Phi) is 14.8. The van der Waals surface area contributed by atoms with Crippen molar-refractivity contribution in [2.45, 2.75) is 24.4 Å². The van der Waals surface area contributed by atoms with E-state index in [0.29, 0.717) is 33.1 Å². The number of carbonyl (C=O) groups is 6. The van der Waals surface area contributed by atoms with Crippen LogP contribution in [-0.4, -0.2) is 68.4 Å². The SMILES string of the molecule is C[CH2][Ge]([CH2]C)([C](=O)c1ccc(OC)cc1)[C](=O)c1ccc(OC)cc1.O=[C](c1ccccc1)[Ge]([C](=O)c1ccccc1)([C](=O)c1ccccc1)[C](=O)c1ccccc1. The maximum atomic E-state index is 14.1. The van der Waals surface area contributed by atoms with E-state index < -0.39 is 45.0 Å². The molecule has 0 heterocycles. The molecule has 8 nitrogen and oxygen atoms in total. The topological polar surface area (TPSA) is 121 Å². The standard InChI is InChI=1S/C28H20GeO4.C20H24GeO4/c30-25(21-13-5-1-6-14-21)29(26(31)22-15-7-2-8-16-22,27(32)23-17-9-3-10-18-23)28(33)24-19-11-4-12-20-24;1-5-21(6-2,19(22)15-7-11-17(24-3)12-8-15)20(23)16-9-13-18(25-4)14-10-16/h1-20H;7-14H,5-6H2,1-4H3. The number of hydrogen-bond donors (Lipinski definition) is 0. The van der Waals surface area contributed by atoms with E-state index in [0.717, 1.165) is 0 Å². The first kappa shape index (κ1) is 43.2. The van der Waals surface area contributed by atoms with Gasteiger partial charge in [-0.3, -0.25) is 0 Å². The molecule has 6 aromatic carbocycles. The summed E-state index contributed by atoms with van der Waals surface area (Å²) in [6.07, 6.45) is 0. The fourth-order valence-corrected chi connectivity index (χ4v) is 21.7. The van der Waals surface area contributed by atoms with Gasteiger partial charge in [-0.05, 0) is 0 Å². The number of carbonyl (C=O) groups excluding carboxylic acids is 6. The second-order valence-electron chi connectivity index (χ2n) is 13.4. The summed E-state index contributed by atoms with van der Waals surface area (Å²) in [7, 11) is 3.18. The van der Waals surface area contributed by atoms with Crippen LogP contribution < -0.4 is 9.47 Å². The fourth-order valence-electron chi connectivity index (χ4n) is 6.88. The molecule has 6 aromatic rings. The van der Waals surface area contributed by atoms with Gasteiger partial charge in [-0.1, -0.05) is 0 Å². The second kappa shape index (κ2) is 19.9. The fraction of sp³-hybridized carbons (Fsp3) is 0.125. The molecule has 0 N–H and O–H groups in total. The van der Waals surface area contributed by atoms with Crippen LogP contribution >= 0.6 is 0 Å². The number of methoxy groups -OCH3 is 2. The first-order valence-corrected chi connectivity index (χ1v) is 28.1. The van der Waals surface area contributed by atoms with Gasteiger partial charge in [-0.2, -0.15) is 0 Å². The summed E-state index contributed by atoms with van der Waals surface area (Å²) in [6, 6.07) is 46.8. The van der Waals surface area contributed by atoms with Crippen LogP contribution in [0.5, 0.6) is 11.5 Å². The van der Waals surface area contributed by atoms with Crippen LogP contribution in [0.15, 0.2) is 170 Å². The number of hydrogen-bond acceptors (Lipinski definition) is 8. The minimum absolute atomic E-state index is 0.0356. The van der Waals surface area contributed by atoms with Crippen molar-refractivity contribution in [2.24, 2.45) is 0 Å². The summed E-state index contributed by atoms with van der Waals surface area (Å²) in [6.45, 7) is 3.93. The van der Waals surface area contributed by atoms with E-state index in [4.69, 9.17) is 9.47 Å². The van der Waals surface area contributed by atoms with E-state index in [2.05, 4.69) is 0 Å². The molecule has 0 saturated heterocycles. The molecule has 0 aliphatic rings. The molecule has 292 valence electrons. The Hall–Kier alpha value is -5.97. The van der Waals surface area contributed by atoms with Gasteiger partial charge in [-0.25, -0.2) is 0 Å². The summed E-state index contributed by atoms with van der Waals surface area (Å²) in [5.74, 6) is 1.40. The summed E-state index contributed by atoms with van der Waals surface area (Å²) in [5.41, 5.74) is 1.97. The number of ether oxygens (including phenoxy) is 2. The van der Waals surface area contributed by atoms with Crippen LogP contribution in [0.1, 0.15) is 76.0 Å². The Bertz CT molecular complexity index is 2090. The molecule has 6 rings (SSSR count). The van der Waals surface area contributed by atoms with Gasteiger partial charge in [0.25, 0.3) is 0 Å². The molecule has 0 unspecified atom stereocenters. The Labute approximate surface area is 344 Å². The molecule has 0 spiro atoms. The Balaban J connectivity index is 0.000000230. The van der Waals surface area contributed by atoms with Gasteiger partial charge in [0, 0.05) is 0 Å². The zero-order valence-corrected chi connectivity index (χ0v) is 37.0. The molecule has 0 saturated carbocycles. The molecule has 0 aliphatic carbocycles. The summed E-state index contributed by atoms with van der Waals surface area (Å²) in [4.78, 5) is 83.1. The Morgan fingerprint density at radius 2 is 0.569 bits per heavy atom. The normalized spacial score (nSPS) is 11.0. The van der Waals surface area contributed by atoms with E-state index in [1.165, 1.54) is 0 Å². The summed E-state index contributed by atoms with van der Waals surface area (Å²) >= 11 is -8.94. The van der Waals surface area contributed by atoms with Crippen molar-refractivity contribution in [3.63, 3.8) is 0 Å². The molecule has 0 amide bonds. The van der Waals surface area contributed by atoms with E-state index in [-0.39, 0.29) is 31.5 Å². The minimum atomic E-state index is -5.47. The van der Waals surface area contributed by atoms with Gasteiger partial charge >= 0.3 is 346 Å². The van der Waals surface area contributed by atoms with E-state index >= 15 is 0 Å². The average Bonchev–Trinajstić information content (AvgIpc) is 3.30. The zero-order chi connectivity index (χ0) is 41.7. The predicted molar refractivity (Wildman–Crippen MR) is 230 cm³/mol. The Morgan fingerprint density at radius 1 is 0.345 bits per heavy atom. The third-order valence-electron chi connectivity index (χ3n) is 10.3. The van der Waals surface area contributed by atoms with Gasteiger partial charge in [0.15, 0.2) is 0 Å². The third-order valence-corrected chi connectivity index (χ3v) is 28.4. The summed E-state index contributed by atoms with van der Waals surface area (Å²) < 4.78 is 7.73. The monoisotopic (exact) mass is 896 g/mol. The number of benzene rings is 6. The zero-order valence-electron chi connectivity index (χ0n) is 32.8. The van der Waals surface area contributed by atoms with Crippen molar-refractivity contribution >= 4 is 54.2 Å². The van der Waals surface area contributed by atoms with Crippen LogP contribution in [0.2, 0.25) is 10.5 Å². The third kappa shape index (κ3) is 8.93. The summed E-state index contributed by atoms with van der Waals surface area (Å²) in [5, 5.41) is 1.26. The van der Waals surface area contributed by atoms with Crippen molar-refractivity contribution < 1.29 is 38.2 Å². The van der Waals surface area contributed by atoms with Gasteiger partial charge in [0.1, 0.15) is 0 Å². The van der Waals surface area contributed by atoms with Crippen molar-refractivity contribution in [3.05, 3.63) is 203 Å². The molecule has 0 radical (unpaired) electrons. The molecule has 0 atom stereocenters. The maximum absolute atomic E-state index is 14.1. The molecule has 0 fully saturated rings. The Morgan fingerprint density at radius 3 is 0.776 bits per heavy atom. The van der Waals surface area contributed by atoms with E-state index in [1.54, 1.807) is 184 Å². The van der Waals surface area contributed by atoms with Gasteiger partial charge in [-0.15, -0.1) is 0 Å². The molecular formula is C48H44Ge2O8. The molecular weight excluding hydrogens is 850 g/mol. The van der Waals surface area contributed by atoms with Crippen LogP contribution in [0.4, 0.5) is 0 Å². The van der Waals surface area contributed by atoms with Crippen LogP contribution in [-0.2, 0) is 0 Å². The van der Waals surface area contributed by atoms with E-state index in [1.807, 2.05) is 13.8 Å². The van der Waals surface area contributed by atoms with Crippen LogP contribution in [0, 0.1) is 0 Å². The van der Waals surface area contributed by atoms with Crippen LogP contribution in [0.25, 0.3) is 0 Å². The molecule has 10 heteroatoms. The van der Waals surface area contributed by atoms with Crippen molar-refractivity contribution in [2.75, 3.05) is 14.2 Å². The first-order chi connectivity index (χ1) is 28.1. The molecule has 0 bridgehead atoms. The van der Waals surface area contributed by atoms with Crippen molar-refractivity contribution in [1.82, 2.24) is 0 Å².